The van der Waals surface area contributed by atoms with Crippen LogP contribution >= 0.6 is 0 Å². The van der Waals surface area contributed by atoms with Crippen LogP contribution in [0.3, 0.4) is 0 Å². The van der Waals surface area contributed by atoms with Crippen molar-refractivity contribution in [2.24, 2.45) is 0 Å². The molecule has 17 heavy (non-hydrogen) atoms. The Kier molecular flexibility index (Phi) is 3.71. The highest BCUT2D eigenvalue weighted by molar-refractivity contribution is 6.69. The van der Waals surface area contributed by atoms with Crippen molar-refractivity contribution >= 4 is 8.32 Å². The summed E-state index contributed by atoms with van der Waals surface area (Å²) in [5.74, 6) is 0. The Morgan fingerprint density at radius 2 is 1.59 bits per heavy atom. The molecule has 1 aromatic rings. The van der Waals surface area contributed by atoms with Gasteiger partial charge in [0.15, 0.2) is 0 Å². The van der Waals surface area contributed by atoms with Crippen LogP contribution in [0.25, 0.3) is 0 Å². The number of hydrogen-bond acceptors (Lipinski definition) is 2. The van der Waals surface area contributed by atoms with Gasteiger partial charge in [-0.2, -0.15) is 0 Å². The molecular formula is C14H22O2Si. The van der Waals surface area contributed by atoms with Crippen molar-refractivity contribution in [1.82, 2.24) is 0 Å². The van der Waals surface area contributed by atoms with Gasteiger partial charge in [0.05, 0.1) is 0 Å². The van der Waals surface area contributed by atoms with E-state index in [2.05, 4.69) is 43.9 Å². The van der Waals surface area contributed by atoms with E-state index in [9.17, 15) is 0 Å². The van der Waals surface area contributed by atoms with Gasteiger partial charge in [0.1, 0.15) is 5.60 Å². The lowest BCUT2D eigenvalue weighted by Crippen LogP contribution is -2.34. The molecule has 0 atom stereocenters. The molecule has 0 aromatic heterocycles. The van der Waals surface area contributed by atoms with E-state index in [1.807, 2.05) is 6.07 Å². The summed E-state index contributed by atoms with van der Waals surface area (Å²) in [5, 5.41) is 0. The fourth-order valence-corrected chi connectivity index (χ4v) is 2.72. The van der Waals surface area contributed by atoms with Crippen LogP contribution in [0.5, 0.6) is 0 Å². The molecule has 0 amide bonds. The minimum Gasteiger partial charge on any atom is -0.286 e. The molecule has 2 nitrogen and oxygen atoms in total. The van der Waals surface area contributed by atoms with Gasteiger partial charge in [-0.15, -0.1) is 0 Å². The van der Waals surface area contributed by atoms with E-state index in [0.29, 0.717) is 0 Å². The third-order valence-corrected chi connectivity index (χ3v) is 3.75. The van der Waals surface area contributed by atoms with Crippen molar-refractivity contribution in [3.05, 3.63) is 35.9 Å². The van der Waals surface area contributed by atoms with E-state index >= 15 is 0 Å². The van der Waals surface area contributed by atoms with Crippen molar-refractivity contribution in [2.45, 2.75) is 50.9 Å². The molecule has 1 aliphatic rings. The summed E-state index contributed by atoms with van der Waals surface area (Å²) in [5.41, 5.74) is 1.07. The van der Waals surface area contributed by atoms with Gasteiger partial charge < -0.3 is 0 Å². The number of hydrogen-bond donors (Lipinski definition) is 0. The zero-order valence-corrected chi connectivity index (χ0v) is 12.0. The summed E-state index contributed by atoms with van der Waals surface area (Å²) in [4.78, 5) is 5.90. The Balaban J connectivity index is 2.16. The Hall–Kier alpha value is -0.643. The van der Waals surface area contributed by atoms with Crippen LogP contribution in [0, 0.1) is 0 Å². The fraction of sp³-hybridized carbons (Fsp3) is 0.571. The Morgan fingerprint density at radius 1 is 1.00 bits per heavy atom. The number of benzene rings is 1. The molecule has 0 spiro atoms. The summed E-state index contributed by atoms with van der Waals surface area (Å²) in [6, 6.07) is 10.5. The highest BCUT2D eigenvalue weighted by Gasteiger charge is 2.39. The van der Waals surface area contributed by atoms with Crippen LogP contribution in [0.4, 0.5) is 0 Å². The Morgan fingerprint density at radius 3 is 2.12 bits per heavy atom. The first-order valence-electron chi connectivity index (χ1n) is 6.44. The SMILES string of the molecule is C[Si](C)(C)OOC1(c2ccccc2)CCCC1. The molecule has 1 aliphatic carbocycles. The average Bonchev–Trinajstić information content (AvgIpc) is 2.77. The molecule has 0 aliphatic heterocycles. The first-order valence-corrected chi connectivity index (χ1v) is 9.85. The molecule has 0 heterocycles. The average molecular weight is 250 g/mol. The zero-order valence-electron chi connectivity index (χ0n) is 11.0. The maximum Gasteiger partial charge on any atom is 0.230 e. The minimum absolute atomic E-state index is 0.193. The summed E-state index contributed by atoms with van der Waals surface area (Å²) in [6.45, 7) is 6.46. The molecule has 0 N–H and O–H groups in total. The van der Waals surface area contributed by atoms with Gasteiger partial charge in [-0.3, -0.25) is 4.58 Å². The predicted molar refractivity (Wildman–Crippen MR) is 72.1 cm³/mol. The minimum atomic E-state index is -1.63. The summed E-state index contributed by atoms with van der Waals surface area (Å²) >= 11 is 0. The smallest absolute Gasteiger partial charge is 0.230 e. The maximum absolute atomic E-state index is 5.90. The van der Waals surface area contributed by atoms with Gasteiger partial charge >= 0.3 is 0 Å². The Bertz CT molecular complexity index is 350. The largest absolute Gasteiger partial charge is 0.286 e. The summed E-state index contributed by atoms with van der Waals surface area (Å²) in [7, 11) is -1.63. The standard InChI is InChI=1S/C14H22O2Si/c1-17(2,3)16-15-14(11-7-8-12-14)13-9-5-4-6-10-13/h4-6,9-10H,7-8,11-12H2,1-3H3. The molecule has 0 bridgehead atoms. The summed E-state index contributed by atoms with van der Waals surface area (Å²) < 4.78 is 5.71. The second-order valence-electron chi connectivity index (χ2n) is 5.85. The van der Waals surface area contributed by atoms with Crippen LogP contribution < -0.4 is 0 Å². The van der Waals surface area contributed by atoms with Gasteiger partial charge in [0.2, 0.25) is 8.32 Å². The normalized spacial score (nSPS) is 19.5. The molecule has 2 rings (SSSR count). The molecule has 94 valence electrons. The molecular weight excluding hydrogens is 228 g/mol. The van der Waals surface area contributed by atoms with E-state index in [4.69, 9.17) is 9.46 Å². The second-order valence-corrected chi connectivity index (χ2v) is 10.2. The van der Waals surface area contributed by atoms with Crippen molar-refractivity contribution in [3.63, 3.8) is 0 Å². The van der Waals surface area contributed by atoms with Crippen LogP contribution in [0.2, 0.25) is 19.6 Å². The van der Waals surface area contributed by atoms with Gasteiger partial charge in [-0.1, -0.05) is 30.3 Å². The maximum atomic E-state index is 5.90. The first kappa shape index (κ1) is 12.8. The van der Waals surface area contributed by atoms with Crippen LogP contribution in [-0.2, 0) is 15.1 Å². The zero-order chi connectivity index (χ0) is 12.4. The Labute approximate surface area is 105 Å². The van der Waals surface area contributed by atoms with Crippen molar-refractivity contribution < 1.29 is 9.46 Å². The molecule has 1 saturated carbocycles. The lowest BCUT2D eigenvalue weighted by Gasteiger charge is -2.31. The fourth-order valence-electron chi connectivity index (χ4n) is 2.31. The molecule has 1 fully saturated rings. The third-order valence-electron chi connectivity index (χ3n) is 3.16. The van der Waals surface area contributed by atoms with E-state index in [-0.39, 0.29) is 5.60 Å². The second kappa shape index (κ2) is 4.92. The van der Waals surface area contributed by atoms with E-state index in [0.717, 1.165) is 12.8 Å². The molecule has 0 unspecified atom stereocenters. The van der Waals surface area contributed by atoms with Crippen molar-refractivity contribution in [1.29, 1.82) is 0 Å². The van der Waals surface area contributed by atoms with Gasteiger partial charge in [0.25, 0.3) is 0 Å². The lowest BCUT2D eigenvalue weighted by molar-refractivity contribution is -0.306. The quantitative estimate of drug-likeness (QED) is 0.452. The topological polar surface area (TPSA) is 18.5 Å². The molecule has 3 heteroatoms. The molecule has 0 saturated heterocycles. The van der Waals surface area contributed by atoms with E-state index < -0.39 is 8.32 Å². The van der Waals surface area contributed by atoms with Crippen molar-refractivity contribution in [3.8, 4) is 0 Å². The first-order chi connectivity index (χ1) is 8.02. The lowest BCUT2D eigenvalue weighted by atomic mass is 9.92. The van der Waals surface area contributed by atoms with Crippen LogP contribution in [0.15, 0.2) is 30.3 Å². The molecule has 0 radical (unpaired) electrons. The highest BCUT2D eigenvalue weighted by atomic mass is 28.4. The van der Waals surface area contributed by atoms with Crippen molar-refractivity contribution in [2.75, 3.05) is 0 Å². The monoisotopic (exact) mass is 250 g/mol. The van der Waals surface area contributed by atoms with Gasteiger partial charge in [-0.25, -0.2) is 4.89 Å². The highest BCUT2D eigenvalue weighted by Crippen LogP contribution is 2.42. The van der Waals surface area contributed by atoms with Crippen LogP contribution in [0.1, 0.15) is 31.2 Å². The van der Waals surface area contributed by atoms with E-state index in [1.54, 1.807) is 0 Å². The van der Waals surface area contributed by atoms with Gasteiger partial charge in [-0.05, 0) is 50.9 Å². The van der Waals surface area contributed by atoms with Gasteiger partial charge in [0, 0.05) is 0 Å². The summed E-state index contributed by atoms with van der Waals surface area (Å²) in [6.07, 6.45) is 4.59. The third kappa shape index (κ3) is 3.18. The predicted octanol–water partition coefficient (Wildman–Crippen LogP) is 4.24. The molecule has 1 aromatic carbocycles. The number of rotatable bonds is 4. The van der Waals surface area contributed by atoms with Crippen LogP contribution in [-0.4, -0.2) is 8.32 Å². The van der Waals surface area contributed by atoms with E-state index in [1.165, 1.54) is 18.4 Å².